The summed E-state index contributed by atoms with van der Waals surface area (Å²) in [7, 11) is 0. The van der Waals surface area contributed by atoms with E-state index in [1.54, 1.807) is 6.92 Å². The lowest BCUT2D eigenvalue weighted by Gasteiger charge is -2.35. The first-order chi connectivity index (χ1) is 7.45. The van der Waals surface area contributed by atoms with Crippen LogP contribution in [0.4, 0.5) is 13.2 Å². The molecule has 1 unspecified atom stereocenters. The summed E-state index contributed by atoms with van der Waals surface area (Å²) >= 11 is 0. The molecular formula is C11H21F3N2. The zero-order valence-electron chi connectivity index (χ0n) is 10.0. The summed E-state index contributed by atoms with van der Waals surface area (Å²) in [6, 6.07) is 0. The van der Waals surface area contributed by atoms with E-state index in [4.69, 9.17) is 0 Å². The maximum absolute atomic E-state index is 13.1. The van der Waals surface area contributed by atoms with E-state index in [9.17, 15) is 13.2 Å². The number of likely N-dealkylation sites (tertiary alicyclic amines) is 1. The van der Waals surface area contributed by atoms with Gasteiger partial charge in [0.05, 0.1) is 0 Å². The number of hydrogen-bond donors (Lipinski definition) is 1. The summed E-state index contributed by atoms with van der Waals surface area (Å²) in [6.45, 7) is 6.23. The summed E-state index contributed by atoms with van der Waals surface area (Å²) in [6.07, 6.45) is -3.17. The predicted octanol–water partition coefficient (Wildman–Crippen LogP) is 2.40. The van der Waals surface area contributed by atoms with Crippen molar-refractivity contribution in [2.45, 2.75) is 44.8 Å². The van der Waals surface area contributed by atoms with Gasteiger partial charge in [-0.15, -0.1) is 0 Å². The fourth-order valence-electron chi connectivity index (χ4n) is 2.41. The van der Waals surface area contributed by atoms with Gasteiger partial charge >= 0.3 is 6.18 Å². The largest absolute Gasteiger partial charge is 0.406 e. The van der Waals surface area contributed by atoms with Crippen LogP contribution >= 0.6 is 0 Å². The predicted molar refractivity (Wildman–Crippen MR) is 58.4 cm³/mol. The normalized spacial score (nSPS) is 29.1. The topological polar surface area (TPSA) is 15.3 Å². The van der Waals surface area contributed by atoms with Gasteiger partial charge in [0.1, 0.15) is 5.54 Å². The average molecular weight is 238 g/mol. The average Bonchev–Trinajstić information content (AvgIpc) is 2.40. The maximum Gasteiger partial charge on any atom is 0.406 e. The van der Waals surface area contributed by atoms with E-state index in [2.05, 4.69) is 10.2 Å². The second-order valence-corrected chi connectivity index (χ2v) is 4.40. The molecule has 0 aromatic carbocycles. The van der Waals surface area contributed by atoms with Crippen molar-refractivity contribution in [1.82, 2.24) is 10.2 Å². The van der Waals surface area contributed by atoms with Crippen molar-refractivity contribution in [3.8, 4) is 0 Å². The van der Waals surface area contributed by atoms with E-state index in [0.29, 0.717) is 19.5 Å². The van der Waals surface area contributed by atoms with Crippen LogP contribution in [0.25, 0.3) is 0 Å². The molecule has 0 aromatic rings. The molecule has 1 aliphatic heterocycles. The summed E-state index contributed by atoms with van der Waals surface area (Å²) < 4.78 is 39.3. The lowest BCUT2D eigenvalue weighted by atomic mass is 9.89. The molecule has 0 amide bonds. The van der Waals surface area contributed by atoms with Crippen LogP contribution in [0.15, 0.2) is 0 Å². The zero-order chi connectivity index (χ0) is 12.2. The molecule has 16 heavy (non-hydrogen) atoms. The minimum atomic E-state index is -4.15. The van der Waals surface area contributed by atoms with Crippen molar-refractivity contribution in [3.63, 3.8) is 0 Å². The van der Waals surface area contributed by atoms with Crippen molar-refractivity contribution in [3.05, 3.63) is 0 Å². The van der Waals surface area contributed by atoms with Crippen molar-refractivity contribution in [2.24, 2.45) is 0 Å². The Bertz CT molecular complexity index is 218. The monoisotopic (exact) mass is 238 g/mol. The van der Waals surface area contributed by atoms with Crippen LogP contribution in [0.3, 0.4) is 0 Å². The van der Waals surface area contributed by atoms with Gasteiger partial charge < -0.3 is 10.2 Å². The molecule has 0 aromatic heterocycles. The van der Waals surface area contributed by atoms with Gasteiger partial charge in [0.25, 0.3) is 0 Å². The fourth-order valence-corrected chi connectivity index (χ4v) is 2.41. The van der Waals surface area contributed by atoms with Crippen LogP contribution in [0.5, 0.6) is 0 Å². The highest BCUT2D eigenvalue weighted by Crippen LogP contribution is 2.38. The van der Waals surface area contributed by atoms with Gasteiger partial charge in [-0.25, -0.2) is 0 Å². The van der Waals surface area contributed by atoms with Crippen LogP contribution in [-0.2, 0) is 0 Å². The third-order valence-corrected chi connectivity index (χ3v) is 3.44. The van der Waals surface area contributed by atoms with Crippen LogP contribution < -0.4 is 5.32 Å². The standard InChI is InChI=1S/C11H21F3N2/c1-3-15-10(11(12,13)14)6-5-8-16(4-2)9-7-10/h15H,3-9H2,1-2H3. The second-order valence-electron chi connectivity index (χ2n) is 4.40. The fraction of sp³-hybridized carbons (Fsp3) is 1.00. The molecule has 0 radical (unpaired) electrons. The molecule has 0 bridgehead atoms. The minimum absolute atomic E-state index is 0.165. The molecule has 1 aliphatic rings. The Labute approximate surface area is 95.2 Å². The van der Waals surface area contributed by atoms with Crippen LogP contribution in [-0.4, -0.2) is 42.8 Å². The third-order valence-electron chi connectivity index (χ3n) is 3.44. The number of nitrogens with zero attached hydrogens (tertiary/aromatic N) is 1. The molecule has 1 saturated heterocycles. The van der Waals surface area contributed by atoms with E-state index in [1.165, 1.54) is 0 Å². The first kappa shape index (κ1) is 13.8. The quantitative estimate of drug-likeness (QED) is 0.812. The molecule has 1 heterocycles. The van der Waals surface area contributed by atoms with Crippen LogP contribution in [0, 0.1) is 0 Å². The Hall–Kier alpha value is -0.290. The number of halogens is 3. The number of hydrogen-bond acceptors (Lipinski definition) is 2. The maximum atomic E-state index is 13.1. The van der Waals surface area contributed by atoms with Gasteiger partial charge in [-0.05, 0) is 38.9 Å². The van der Waals surface area contributed by atoms with Crippen LogP contribution in [0.2, 0.25) is 0 Å². The van der Waals surface area contributed by atoms with Gasteiger partial charge in [-0.3, -0.25) is 0 Å². The Morgan fingerprint density at radius 3 is 2.38 bits per heavy atom. The highest BCUT2D eigenvalue weighted by Gasteiger charge is 2.53. The molecule has 1 N–H and O–H groups in total. The number of alkyl halides is 3. The lowest BCUT2D eigenvalue weighted by molar-refractivity contribution is -0.200. The highest BCUT2D eigenvalue weighted by atomic mass is 19.4. The number of rotatable bonds is 3. The van der Waals surface area contributed by atoms with Crippen molar-refractivity contribution in [2.75, 3.05) is 26.2 Å². The van der Waals surface area contributed by atoms with Gasteiger partial charge in [0.15, 0.2) is 0 Å². The van der Waals surface area contributed by atoms with E-state index in [-0.39, 0.29) is 12.8 Å². The highest BCUT2D eigenvalue weighted by molar-refractivity contribution is 4.97. The molecular weight excluding hydrogens is 217 g/mol. The third kappa shape index (κ3) is 2.88. The molecule has 1 atom stereocenters. The van der Waals surface area contributed by atoms with Crippen molar-refractivity contribution >= 4 is 0 Å². The molecule has 0 saturated carbocycles. The Morgan fingerprint density at radius 2 is 1.88 bits per heavy atom. The molecule has 1 fully saturated rings. The van der Waals surface area contributed by atoms with E-state index >= 15 is 0 Å². The number of nitrogens with one attached hydrogen (secondary N) is 1. The van der Waals surface area contributed by atoms with Crippen molar-refractivity contribution in [1.29, 1.82) is 0 Å². The molecule has 0 spiro atoms. The Morgan fingerprint density at radius 1 is 1.19 bits per heavy atom. The van der Waals surface area contributed by atoms with E-state index in [0.717, 1.165) is 13.1 Å². The van der Waals surface area contributed by atoms with Gasteiger partial charge in [-0.2, -0.15) is 13.2 Å². The SMILES string of the molecule is CCNC1(C(F)(F)F)CCCN(CC)CC1. The first-order valence-electron chi connectivity index (χ1n) is 5.99. The molecule has 1 rings (SSSR count). The van der Waals surface area contributed by atoms with Gasteiger partial charge in [0, 0.05) is 6.54 Å². The van der Waals surface area contributed by atoms with E-state index < -0.39 is 11.7 Å². The Balaban J connectivity index is 2.78. The molecule has 0 aliphatic carbocycles. The molecule has 5 heteroatoms. The van der Waals surface area contributed by atoms with E-state index in [1.807, 2.05) is 6.92 Å². The summed E-state index contributed by atoms with van der Waals surface area (Å²) in [5.74, 6) is 0. The summed E-state index contributed by atoms with van der Waals surface area (Å²) in [5.41, 5.74) is -1.66. The van der Waals surface area contributed by atoms with Crippen molar-refractivity contribution < 1.29 is 13.2 Å². The van der Waals surface area contributed by atoms with Gasteiger partial charge in [0.2, 0.25) is 0 Å². The second kappa shape index (κ2) is 5.36. The minimum Gasteiger partial charge on any atom is -0.304 e. The summed E-state index contributed by atoms with van der Waals surface area (Å²) in [4.78, 5) is 2.09. The zero-order valence-corrected chi connectivity index (χ0v) is 10.0. The summed E-state index contributed by atoms with van der Waals surface area (Å²) in [5, 5.41) is 2.67. The Kier molecular flexibility index (Phi) is 4.62. The first-order valence-corrected chi connectivity index (χ1v) is 5.99. The smallest absolute Gasteiger partial charge is 0.304 e. The molecule has 96 valence electrons. The lowest BCUT2D eigenvalue weighted by Crippen LogP contribution is -2.57. The van der Waals surface area contributed by atoms with Crippen LogP contribution in [0.1, 0.15) is 33.1 Å². The molecule has 2 nitrogen and oxygen atoms in total. The van der Waals surface area contributed by atoms with Gasteiger partial charge in [-0.1, -0.05) is 13.8 Å².